The predicted octanol–water partition coefficient (Wildman–Crippen LogP) is 2.70. The summed E-state index contributed by atoms with van der Waals surface area (Å²) >= 11 is 0. The summed E-state index contributed by atoms with van der Waals surface area (Å²) in [5.41, 5.74) is 2.01. The third-order valence-corrected chi connectivity index (χ3v) is 1.08. The van der Waals surface area contributed by atoms with Crippen LogP contribution in [0, 0.1) is 11.8 Å². The number of hydrogen-bond acceptors (Lipinski definition) is 0. The Bertz CT molecular complexity index is 218. The summed E-state index contributed by atoms with van der Waals surface area (Å²) in [5, 5.41) is 0. The minimum atomic E-state index is 0.998. The van der Waals surface area contributed by atoms with Gasteiger partial charge in [0.1, 0.15) is 0 Å². The van der Waals surface area contributed by atoms with Crippen molar-refractivity contribution < 1.29 is 0 Å². The highest BCUT2D eigenvalue weighted by molar-refractivity contribution is 5.40. The van der Waals surface area contributed by atoms with Gasteiger partial charge in [0.15, 0.2) is 0 Å². The van der Waals surface area contributed by atoms with Gasteiger partial charge in [0.2, 0.25) is 0 Å². The van der Waals surface area contributed by atoms with E-state index in [-0.39, 0.29) is 0 Å². The summed E-state index contributed by atoms with van der Waals surface area (Å²) in [6.45, 7) is 11.1. The molecule has 0 saturated heterocycles. The number of hydrogen-bond donors (Lipinski definition) is 0. The van der Waals surface area contributed by atoms with Crippen molar-refractivity contribution in [2.45, 2.75) is 13.8 Å². The van der Waals surface area contributed by atoms with Crippen molar-refractivity contribution >= 4 is 0 Å². The van der Waals surface area contributed by atoms with Crippen LogP contribution >= 0.6 is 0 Å². The van der Waals surface area contributed by atoms with Gasteiger partial charge in [-0.3, -0.25) is 0 Å². The summed E-state index contributed by atoms with van der Waals surface area (Å²) in [6.07, 6.45) is 3.57. The minimum absolute atomic E-state index is 0.998. The summed E-state index contributed by atoms with van der Waals surface area (Å²) in [4.78, 5) is 0. The molecule has 0 aliphatic rings. The molecule has 0 aliphatic carbocycles. The molecule has 0 bridgehead atoms. The van der Waals surface area contributed by atoms with Crippen LogP contribution in [0.5, 0.6) is 0 Å². The summed E-state index contributed by atoms with van der Waals surface area (Å²) in [7, 11) is 0. The summed E-state index contributed by atoms with van der Waals surface area (Å²) in [6, 6.07) is 0. The lowest BCUT2D eigenvalue weighted by molar-refractivity contribution is 1.46. The first-order valence-corrected chi connectivity index (χ1v) is 3.13. The van der Waals surface area contributed by atoms with Crippen LogP contribution < -0.4 is 0 Å². The molecule has 0 saturated carbocycles. The minimum Gasteiger partial charge on any atom is -0.102 e. The first-order valence-electron chi connectivity index (χ1n) is 3.13. The Balaban J connectivity index is 4.44. The molecule has 0 N–H and O–H groups in total. The molecule has 0 radical (unpaired) electrons. The van der Waals surface area contributed by atoms with Crippen LogP contribution in [0.15, 0.2) is 36.5 Å². The molecule has 0 aliphatic heterocycles. The molecule has 0 aromatic carbocycles. The van der Waals surface area contributed by atoms with Crippen LogP contribution in [-0.4, -0.2) is 0 Å². The van der Waals surface area contributed by atoms with Crippen LogP contribution in [0.1, 0.15) is 13.8 Å². The van der Waals surface area contributed by atoms with Gasteiger partial charge in [-0.2, -0.15) is 0 Å². The van der Waals surface area contributed by atoms with Gasteiger partial charge in [-0.15, -0.1) is 5.92 Å². The van der Waals surface area contributed by atoms with E-state index < -0.39 is 0 Å². The maximum atomic E-state index is 3.77. The molecule has 0 unspecified atom stereocenters. The molecule has 0 aromatic heterocycles. The summed E-state index contributed by atoms with van der Waals surface area (Å²) in [5.74, 6) is 5.61. The van der Waals surface area contributed by atoms with Crippen molar-refractivity contribution in [1.82, 2.24) is 0 Å². The fraction of sp³-hybridized carbons (Fsp3) is 0.200. The van der Waals surface area contributed by atoms with E-state index >= 15 is 0 Å². The third-order valence-electron chi connectivity index (χ3n) is 1.08. The Morgan fingerprint density at radius 2 is 2.10 bits per heavy atom. The zero-order valence-electron chi connectivity index (χ0n) is 6.57. The van der Waals surface area contributed by atoms with Gasteiger partial charge < -0.3 is 0 Å². The van der Waals surface area contributed by atoms with Gasteiger partial charge in [-0.1, -0.05) is 30.7 Å². The Morgan fingerprint density at radius 1 is 1.50 bits per heavy atom. The zero-order valence-corrected chi connectivity index (χ0v) is 6.57. The maximum absolute atomic E-state index is 3.77. The molecule has 0 heterocycles. The lowest BCUT2D eigenvalue weighted by Crippen LogP contribution is -1.75. The van der Waals surface area contributed by atoms with Crippen LogP contribution in [0.25, 0.3) is 0 Å². The normalized spacial score (nSPS) is 9.60. The molecular weight excluding hydrogens is 120 g/mol. The second-order valence-corrected chi connectivity index (χ2v) is 1.98. The van der Waals surface area contributed by atoms with E-state index in [1.54, 1.807) is 13.0 Å². The molecule has 0 rings (SSSR count). The number of rotatable bonds is 2. The molecule has 0 aromatic rings. The van der Waals surface area contributed by atoms with Gasteiger partial charge in [0.05, 0.1) is 0 Å². The second-order valence-electron chi connectivity index (χ2n) is 1.98. The fourth-order valence-electron chi connectivity index (χ4n) is 0.506. The predicted molar refractivity (Wildman–Crippen MR) is 46.5 cm³/mol. The average molecular weight is 132 g/mol. The van der Waals surface area contributed by atoms with Gasteiger partial charge in [0.25, 0.3) is 0 Å². The standard InChI is InChI=1S/C10H12/c1-5-7-8-10(6-2)9(3)4/h6,8H,2-3H2,1,4H3/b10-8+. The van der Waals surface area contributed by atoms with Gasteiger partial charge in [-0.05, 0) is 25.5 Å². The maximum Gasteiger partial charge on any atom is -0.00235 e. The second kappa shape index (κ2) is 4.64. The van der Waals surface area contributed by atoms with E-state index in [0.29, 0.717) is 0 Å². The largest absolute Gasteiger partial charge is 0.102 e. The van der Waals surface area contributed by atoms with Crippen molar-refractivity contribution in [2.75, 3.05) is 0 Å². The van der Waals surface area contributed by atoms with Crippen molar-refractivity contribution in [3.8, 4) is 11.8 Å². The lowest BCUT2D eigenvalue weighted by Gasteiger charge is -1.94. The molecule has 0 spiro atoms. The number of allylic oxidation sites excluding steroid dienone is 4. The quantitative estimate of drug-likeness (QED) is 0.400. The zero-order chi connectivity index (χ0) is 7.98. The van der Waals surface area contributed by atoms with Crippen molar-refractivity contribution in [3.05, 3.63) is 36.5 Å². The molecule has 0 fully saturated rings. The van der Waals surface area contributed by atoms with E-state index in [1.807, 2.05) is 13.0 Å². The molecule has 0 nitrogen and oxygen atoms in total. The molecule has 0 heteroatoms. The topological polar surface area (TPSA) is 0 Å². The van der Waals surface area contributed by atoms with Crippen molar-refractivity contribution in [3.63, 3.8) is 0 Å². The van der Waals surface area contributed by atoms with Gasteiger partial charge in [0, 0.05) is 0 Å². The highest BCUT2D eigenvalue weighted by atomic mass is 13.9. The monoisotopic (exact) mass is 132 g/mol. The molecule has 10 heavy (non-hydrogen) atoms. The molecule has 0 amide bonds. The van der Waals surface area contributed by atoms with E-state index in [0.717, 1.165) is 11.1 Å². The fourth-order valence-corrected chi connectivity index (χ4v) is 0.506. The highest BCUT2D eigenvalue weighted by Crippen LogP contribution is 2.05. The van der Waals surface area contributed by atoms with Crippen LogP contribution in [0.2, 0.25) is 0 Å². The first kappa shape index (κ1) is 8.78. The van der Waals surface area contributed by atoms with Crippen LogP contribution in [0.4, 0.5) is 0 Å². The smallest absolute Gasteiger partial charge is 0.00235 e. The molecular formula is C10H12. The van der Waals surface area contributed by atoms with Crippen molar-refractivity contribution in [2.24, 2.45) is 0 Å². The van der Waals surface area contributed by atoms with Gasteiger partial charge in [-0.25, -0.2) is 0 Å². The van der Waals surface area contributed by atoms with Crippen LogP contribution in [0.3, 0.4) is 0 Å². The Kier molecular flexibility index (Phi) is 4.07. The van der Waals surface area contributed by atoms with E-state index in [1.165, 1.54) is 0 Å². The lowest BCUT2D eigenvalue weighted by atomic mass is 10.1. The third kappa shape index (κ3) is 2.94. The van der Waals surface area contributed by atoms with Gasteiger partial charge >= 0.3 is 0 Å². The Hall–Kier alpha value is -1.22. The summed E-state index contributed by atoms with van der Waals surface area (Å²) < 4.78 is 0. The van der Waals surface area contributed by atoms with E-state index in [2.05, 4.69) is 25.0 Å². The molecule has 0 atom stereocenters. The van der Waals surface area contributed by atoms with Crippen LogP contribution in [-0.2, 0) is 0 Å². The van der Waals surface area contributed by atoms with E-state index in [4.69, 9.17) is 0 Å². The first-order chi connectivity index (χ1) is 4.72. The SMILES string of the molecule is C=C/C(=C\C#CC)C(=C)C. The van der Waals surface area contributed by atoms with E-state index in [9.17, 15) is 0 Å². The Morgan fingerprint density at radius 3 is 2.40 bits per heavy atom. The highest BCUT2D eigenvalue weighted by Gasteiger charge is 1.86. The Labute approximate surface area is 63.0 Å². The average Bonchev–Trinajstić information content (AvgIpc) is 1.89. The van der Waals surface area contributed by atoms with Crippen molar-refractivity contribution in [1.29, 1.82) is 0 Å². The molecule has 52 valence electrons.